The fourth-order valence-corrected chi connectivity index (χ4v) is 3.93. The summed E-state index contributed by atoms with van der Waals surface area (Å²) in [6.07, 6.45) is 0.937. The van der Waals surface area contributed by atoms with Gasteiger partial charge in [-0.1, -0.05) is 0 Å². The number of fused-ring (bicyclic) bond motifs is 1. The SMILES string of the molecule is O=C(CNc1ccc(F)cc1I)N1CCc2sccc2C1. The van der Waals surface area contributed by atoms with Gasteiger partial charge >= 0.3 is 0 Å². The Labute approximate surface area is 140 Å². The van der Waals surface area contributed by atoms with E-state index in [1.54, 1.807) is 17.4 Å². The number of hydrogen-bond donors (Lipinski definition) is 1. The first-order valence-corrected chi connectivity index (χ1v) is 8.61. The number of anilines is 1. The molecule has 0 saturated heterocycles. The van der Waals surface area contributed by atoms with Crippen molar-refractivity contribution >= 4 is 45.5 Å². The van der Waals surface area contributed by atoms with E-state index >= 15 is 0 Å². The molecule has 1 amide bonds. The summed E-state index contributed by atoms with van der Waals surface area (Å²) in [7, 11) is 0. The van der Waals surface area contributed by atoms with E-state index in [0.29, 0.717) is 6.54 Å². The maximum Gasteiger partial charge on any atom is 0.242 e. The molecule has 1 N–H and O–H groups in total. The Bertz CT molecular complexity index is 673. The van der Waals surface area contributed by atoms with Gasteiger partial charge < -0.3 is 10.2 Å². The maximum atomic E-state index is 13.0. The van der Waals surface area contributed by atoms with Crippen LogP contribution in [-0.4, -0.2) is 23.9 Å². The molecule has 0 atom stereocenters. The smallest absolute Gasteiger partial charge is 0.242 e. The molecule has 1 aromatic heterocycles. The van der Waals surface area contributed by atoms with Crippen LogP contribution in [-0.2, 0) is 17.8 Å². The molecule has 0 fully saturated rings. The van der Waals surface area contributed by atoms with Crippen molar-refractivity contribution in [1.29, 1.82) is 0 Å². The molecule has 3 nitrogen and oxygen atoms in total. The maximum absolute atomic E-state index is 13.0. The van der Waals surface area contributed by atoms with Gasteiger partial charge in [0.25, 0.3) is 0 Å². The lowest BCUT2D eigenvalue weighted by atomic mass is 10.1. The summed E-state index contributed by atoms with van der Waals surface area (Å²) in [6.45, 7) is 1.70. The Kier molecular flexibility index (Phi) is 4.44. The second-order valence-electron chi connectivity index (χ2n) is 4.91. The molecule has 110 valence electrons. The number of hydrogen-bond acceptors (Lipinski definition) is 3. The Hall–Kier alpha value is -1.15. The largest absolute Gasteiger partial charge is 0.375 e. The van der Waals surface area contributed by atoms with Crippen LogP contribution in [0.2, 0.25) is 0 Å². The van der Waals surface area contributed by atoms with Crippen molar-refractivity contribution in [2.75, 3.05) is 18.4 Å². The van der Waals surface area contributed by atoms with E-state index in [0.717, 1.165) is 22.2 Å². The molecule has 0 aliphatic carbocycles. The van der Waals surface area contributed by atoms with Crippen molar-refractivity contribution in [3.8, 4) is 0 Å². The molecular weight excluding hydrogens is 402 g/mol. The van der Waals surface area contributed by atoms with Gasteiger partial charge in [0.1, 0.15) is 5.82 Å². The summed E-state index contributed by atoms with van der Waals surface area (Å²) >= 11 is 3.82. The molecule has 6 heteroatoms. The molecule has 1 aromatic carbocycles. The Morgan fingerprint density at radius 2 is 2.29 bits per heavy atom. The molecule has 0 unspecified atom stereocenters. The fourth-order valence-electron chi connectivity index (χ4n) is 2.38. The zero-order valence-corrected chi connectivity index (χ0v) is 14.2. The number of nitrogens with zero attached hydrogens (tertiary/aromatic N) is 1. The van der Waals surface area contributed by atoms with Crippen LogP contribution in [0.5, 0.6) is 0 Å². The second kappa shape index (κ2) is 6.31. The van der Waals surface area contributed by atoms with E-state index in [1.807, 2.05) is 4.90 Å². The number of amides is 1. The Balaban J connectivity index is 1.60. The van der Waals surface area contributed by atoms with E-state index < -0.39 is 0 Å². The van der Waals surface area contributed by atoms with Gasteiger partial charge in [-0.05, 0) is 64.2 Å². The van der Waals surface area contributed by atoms with Gasteiger partial charge in [-0.2, -0.15) is 0 Å². The number of benzene rings is 1. The highest BCUT2D eigenvalue weighted by Gasteiger charge is 2.21. The average molecular weight is 416 g/mol. The van der Waals surface area contributed by atoms with Gasteiger partial charge in [0.05, 0.1) is 6.54 Å². The van der Waals surface area contributed by atoms with Crippen LogP contribution < -0.4 is 5.32 Å². The molecular formula is C15H14FIN2OS. The minimum Gasteiger partial charge on any atom is -0.375 e. The zero-order valence-electron chi connectivity index (χ0n) is 11.2. The second-order valence-corrected chi connectivity index (χ2v) is 7.07. The summed E-state index contributed by atoms with van der Waals surface area (Å²) in [5.41, 5.74) is 2.05. The minimum absolute atomic E-state index is 0.0759. The molecule has 21 heavy (non-hydrogen) atoms. The van der Waals surface area contributed by atoms with Crippen LogP contribution in [0.4, 0.5) is 10.1 Å². The van der Waals surface area contributed by atoms with E-state index in [9.17, 15) is 9.18 Å². The zero-order chi connectivity index (χ0) is 14.8. The highest BCUT2D eigenvalue weighted by molar-refractivity contribution is 14.1. The van der Waals surface area contributed by atoms with Crippen molar-refractivity contribution in [3.05, 3.63) is 49.5 Å². The van der Waals surface area contributed by atoms with Gasteiger partial charge in [0.15, 0.2) is 0 Å². The molecule has 1 aliphatic heterocycles. The van der Waals surface area contributed by atoms with Gasteiger partial charge in [-0.15, -0.1) is 11.3 Å². The van der Waals surface area contributed by atoms with Crippen molar-refractivity contribution in [1.82, 2.24) is 4.90 Å². The molecule has 2 aromatic rings. The molecule has 0 bridgehead atoms. The van der Waals surface area contributed by atoms with Gasteiger partial charge in [0.2, 0.25) is 5.91 Å². The van der Waals surface area contributed by atoms with E-state index in [4.69, 9.17) is 0 Å². The topological polar surface area (TPSA) is 32.3 Å². The molecule has 0 radical (unpaired) electrons. The number of nitrogens with one attached hydrogen (secondary N) is 1. The van der Waals surface area contributed by atoms with Gasteiger partial charge in [0, 0.05) is 27.2 Å². The highest BCUT2D eigenvalue weighted by atomic mass is 127. The third-order valence-corrected chi connectivity index (χ3v) is 5.44. The van der Waals surface area contributed by atoms with Crippen molar-refractivity contribution in [2.24, 2.45) is 0 Å². The normalized spacial score (nSPS) is 13.9. The first-order valence-electron chi connectivity index (χ1n) is 6.65. The lowest BCUT2D eigenvalue weighted by Gasteiger charge is -2.27. The van der Waals surface area contributed by atoms with Crippen LogP contribution in [0.15, 0.2) is 29.6 Å². The summed E-state index contributed by atoms with van der Waals surface area (Å²) in [5.74, 6) is -0.190. The first-order chi connectivity index (χ1) is 10.1. The molecule has 0 saturated carbocycles. The molecule has 3 rings (SSSR count). The summed E-state index contributed by atoms with van der Waals surface area (Å²) in [4.78, 5) is 15.5. The third kappa shape index (κ3) is 3.37. The van der Waals surface area contributed by atoms with Crippen LogP contribution in [0, 0.1) is 9.39 Å². The average Bonchev–Trinajstić information content (AvgIpc) is 2.93. The number of rotatable bonds is 3. The number of carbonyl (C=O) groups is 1. The van der Waals surface area contributed by atoms with Crippen LogP contribution in [0.25, 0.3) is 0 Å². The third-order valence-electron chi connectivity index (χ3n) is 3.52. The van der Waals surface area contributed by atoms with Gasteiger partial charge in [-0.25, -0.2) is 4.39 Å². The summed E-state index contributed by atoms with van der Waals surface area (Å²) < 4.78 is 13.8. The van der Waals surface area contributed by atoms with E-state index in [1.165, 1.54) is 22.6 Å². The van der Waals surface area contributed by atoms with E-state index in [-0.39, 0.29) is 18.3 Å². The summed E-state index contributed by atoms with van der Waals surface area (Å²) in [6, 6.07) is 6.60. The minimum atomic E-state index is -0.266. The lowest BCUT2D eigenvalue weighted by molar-refractivity contribution is -0.130. The molecule has 1 aliphatic rings. The number of carbonyl (C=O) groups excluding carboxylic acids is 1. The monoisotopic (exact) mass is 416 g/mol. The number of halogens is 2. The predicted octanol–water partition coefficient (Wildman–Crippen LogP) is 3.49. The highest BCUT2D eigenvalue weighted by Crippen LogP contribution is 2.24. The summed E-state index contributed by atoms with van der Waals surface area (Å²) in [5, 5.41) is 5.17. The Morgan fingerprint density at radius 1 is 1.43 bits per heavy atom. The van der Waals surface area contributed by atoms with Crippen LogP contribution in [0.3, 0.4) is 0 Å². The standard InChI is InChI=1S/C15H14FIN2OS/c16-11-1-2-13(12(17)7-11)18-8-15(20)19-5-3-14-10(9-19)4-6-21-14/h1-2,4,6-7,18H,3,5,8-9H2. The van der Waals surface area contributed by atoms with Crippen LogP contribution >= 0.6 is 33.9 Å². The van der Waals surface area contributed by atoms with Crippen molar-refractivity contribution < 1.29 is 9.18 Å². The van der Waals surface area contributed by atoms with E-state index in [2.05, 4.69) is 39.4 Å². The quantitative estimate of drug-likeness (QED) is 0.778. The number of thiophene rings is 1. The van der Waals surface area contributed by atoms with Crippen molar-refractivity contribution in [3.63, 3.8) is 0 Å². The first kappa shape index (κ1) is 14.8. The van der Waals surface area contributed by atoms with Gasteiger partial charge in [-0.3, -0.25) is 4.79 Å². The predicted molar refractivity (Wildman–Crippen MR) is 91.0 cm³/mol. The lowest BCUT2D eigenvalue weighted by Crippen LogP contribution is -2.38. The Morgan fingerprint density at radius 3 is 3.10 bits per heavy atom. The molecule has 2 heterocycles. The fraction of sp³-hybridized carbons (Fsp3) is 0.267. The van der Waals surface area contributed by atoms with Crippen molar-refractivity contribution in [2.45, 2.75) is 13.0 Å². The molecule has 0 spiro atoms. The van der Waals surface area contributed by atoms with Crippen LogP contribution in [0.1, 0.15) is 10.4 Å².